The first-order valence-electron chi connectivity index (χ1n) is 7.04. The van der Waals surface area contributed by atoms with Gasteiger partial charge in [-0.1, -0.05) is 23.3 Å². The molecular formula is C15H19NO2. The highest BCUT2D eigenvalue weighted by Crippen LogP contribution is 2.46. The summed E-state index contributed by atoms with van der Waals surface area (Å²) in [6.07, 6.45) is 9.72. The summed E-state index contributed by atoms with van der Waals surface area (Å²) in [5, 5.41) is 0. The normalized spacial score (nSPS) is 41.4. The Labute approximate surface area is 107 Å². The van der Waals surface area contributed by atoms with E-state index in [4.69, 9.17) is 4.74 Å². The molecule has 3 fully saturated rings. The number of piperidine rings is 1. The van der Waals surface area contributed by atoms with Crippen LogP contribution in [0.4, 0.5) is 0 Å². The molecule has 0 spiro atoms. The second-order valence-electron chi connectivity index (χ2n) is 5.94. The number of hydrogen-bond donors (Lipinski definition) is 0. The molecule has 18 heavy (non-hydrogen) atoms. The fourth-order valence-corrected chi connectivity index (χ4v) is 4.24. The quantitative estimate of drug-likeness (QED) is 0.521. The van der Waals surface area contributed by atoms with Crippen molar-refractivity contribution in [2.75, 3.05) is 13.7 Å². The molecule has 0 N–H and O–H groups in total. The standard InChI is InChI=1S/C15H19NO2/c1-18-14-13-12-8-10-4-2-3-9(10)7-11(12)5-6-16(13)15(14)17/h7-9,12-14H,2-6H2,1H3/t9?,12-,13-,14+/m0/s1. The summed E-state index contributed by atoms with van der Waals surface area (Å²) in [6, 6.07) is 0.275. The molecule has 4 atom stereocenters. The van der Waals surface area contributed by atoms with Gasteiger partial charge in [-0.15, -0.1) is 0 Å². The summed E-state index contributed by atoms with van der Waals surface area (Å²) in [4.78, 5) is 13.9. The van der Waals surface area contributed by atoms with Crippen molar-refractivity contribution >= 4 is 5.91 Å². The van der Waals surface area contributed by atoms with E-state index >= 15 is 0 Å². The van der Waals surface area contributed by atoms with E-state index < -0.39 is 0 Å². The second kappa shape index (κ2) is 3.70. The van der Waals surface area contributed by atoms with Crippen molar-refractivity contribution < 1.29 is 9.53 Å². The van der Waals surface area contributed by atoms with E-state index in [0.29, 0.717) is 11.8 Å². The van der Waals surface area contributed by atoms with Gasteiger partial charge < -0.3 is 9.64 Å². The molecule has 2 aliphatic heterocycles. The van der Waals surface area contributed by atoms with Gasteiger partial charge in [0.15, 0.2) is 6.10 Å². The molecule has 2 saturated heterocycles. The zero-order valence-corrected chi connectivity index (χ0v) is 10.8. The molecule has 0 aromatic rings. The van der Waals surface area contributed by atoms with Crippen molar-refractivity contribution in [2.24, 2.45) is 11.8 Å². The highest BCUT2D eigenvalue weighted by Gasteiger charge is 2.54. The van der Waals surface area contributed by atoms with Crippen LogP contribution in [0.3, 0.4) is 0 Å². The van der Waals surface area contributed by atoms with Crippen LogP contribution in [0.1, 0.15) is 25.7 Å². The monoisotopic (exact) mass is 245 g/mol. The number of ether oxygens (including phenoxy) is 1. The molecule has 4 aliphatic rings. The second-order valence-corrected chi connectivity index (χ2v) is 5.94. The first-order chi connectivity index (χ1) is 8.79. The lowest BCUT2D eigenvalue weighted by Crippen LogP contribution is -2.70. The van der Waals surface area contributed by atoms with Gasteiger partial charge in [0.25, 0.3) is 5.91 Å². The Balaban J connectivity index is 1.68. The SMILES string of the molecule is CO[C@H]1C(=O)N2CCC3=CC4CCCC4=C[C@@H]3[C@@H]12. The van der Waals surface area contributed by atoms with Crippen LogP contribution < -0.4 is 0 Å². The van der Waals surface area contributed by atoms with Crippen molar-refractivity contribution in [3.63, 3.8) is 0 Å². The minimum atomic E-state index is -0.200. The molecule has 1 unspecified atom stereocenters. The number of amides is 1. The number of allylic oxidation sites excluding steroid dienone is 2. The zero-order chi connectivity index (χ0) is 12.3. The van der Waals surface area contributed by atoms with Gasteiger partial charge in [-0.25, -0.2) is 0 Å². The Kier molecular flexibility index (Phi) is 2.22. The molecule has 0 aromatic carbocycles. The minimum Gasteiger partial charge on any atom is -0.369 e. The third kappa shape index (κ3) is 1.26. The summed E-state index contributed by atoms with van der Waals surface area (Å²) < 4.78 is 5.38. The molecule has 3 nitrogen and oxygen atoms in total. The van der Waals surface area contributed by atoms with E-state index in [9.17, 15) is 4.79 Å². The van der Waals surface area contributed by atoms with E-state index in [1.807, 2.05) is 4.90 Å². The molecule has 0 bridgehead atoms. The lowest BCUT2D eigenvalue weighted by Gasteiger charge is -2.54. The van der Waals surface area contributed by atoms with Crippen LogP contribution in [-0.2, 0) is 9.53 Å². The predicted molar refractivity (Wildman–Crippen MR) is 67.9 cm³/mol. The van der Waals surface area contributed by atoms with Gasteiger partial charge in [-0.2, -0.15) is 0 Å². The number of fused-ring (bicyclic) bond motifs is 4. The topological polar surface area (TPSA) is 29.5 Å². The first-order valence-corrected chi connectivity index (χ1v) is 7.04. The number of hydrogen-bond acceptors (Lipinski definition) is 2. The van der Waals surface area contributed by atoms with E-state index in [0.717, 1.165) is 13.0 Å². The maximum absolute atomic E-state index is 11.9. The number of carbonyl (C=O) groups is 1. The van der Waals surface area contributed by atoms with Gasteiger partial charge in [0, 0.05) is 19.6 Å². The third-order valence-electron chi connectivity index (χ3n) is 5.15. The lowest BCUT2D eigenvalue weighted by atomic mass is 9.71. The largest absolute Gasteiger partial charge is 0.369 e. The molecule has 96 valence electrons. The molecule has 2 heterocycles. The Bertz CT molecular complexity index is 457. The van der Waals surface area contributed by atoms with Crippen LogP contribution in [-0.4, -0.2) is 36.6 Å². The average molecular weight is 245 g/mol. The van der Waals surface area contributed by atoms with Gasteiger partial charge in [-0.3, -0.25) is 4.79 Å². The van der Waals surface area contributed by atoms with Crippen molar-refractivity contribution in [3.05, 3.63) is 23.3 Å². The summed E-state index contributed by atoms with van der Waals surface area (Å²) in [5.74, 6) is 1.33. The van der Waals surface area contributed by atoms with Gasteiger partial charge in [0.2, 0.25) is 0 Å². The van der Waals surface area contributed by atoms with Crippen LogP contribution in [0.25, 0.3) is 0 Å². The number of nitrogens with zero attached hydrogens (tertiary/aromatic N) is 1. The van der Waals surface area contributed by atoms with Gasteiger partial charge >= 0.3 is 0 Å². The van der Waals surface area contributed by atoms with Gasteiger partial charge in [0.05, 0.1) is 6.04 Å². The molecule has 1 saturated carbocycles. The van der Waals surface area contributed by atoms with Gasteiger partial charge in [-0.05, 0) is 31.6 Å². The summed E-state index contributed by atoms with van der Waals surface area (Å²) >= 11 is 0. The first kappa shape index (κ1) is 10.8. The Morgan fingerprint density at radius 3 is 3.00 bits per heavy atom. The Morgan fingerprint density at radius 1 is 1.28 bits per heavy atom. The fourth-order valence-electron chi connectivity index (χ4n) is 4.24. The smallest absolute Gasteiger partial charge is 0.254 e. The third-order valence-corrected chi connectivity index (χ3v) is 5.15. The minimum absolute atomic E-state index is 0.188. The highest BCUT2D eigenvalue weighted by molar-refractivity contribution is 5.89. The van der Waals surface area contributed by atoms with E-state index in [2.05, 4.69) is 12.2 Å². The van der Waals surface area contributed by atoms with E-state index in [1.54, 1.807) is 18.3 Å². The maximum atomic E-state index is 11.9. The summed E-state index contributed by atoms with van der Waals surface area (Å²) in [6.45, 7) is 0.890. The zero-order valence-electron chi connectivity index (χ0n) is 10.8. The van der Waals surface area contributed by atoms with Crippen molar-refractivity contribution in [1.82, 2.24) is 4.90 Å². The number of carbonyl (C=O) groups excluding carboxylic acids is 1. The average Bonchev–Trinajstić information content (AvgIpc) is 2.82. The Hall–Kier alpha value is -1.09. The predicted octanol–water partition coefficient (Wildman–Crippen LogP) is 1.90. The number of methoxy groups -OCH3 is 1. The number of β-lactam (4-membered cyclic amide) rings is 1. The molecular weight excluding hydrogens is 226 g/mol. The van der Waals surface area contributed by atoms with Gasteiger partial charge in [0.1, 0.15) is 0 Å². The number of rotatable bonds is 1. The van der Waals surface area contributed by atoms with Crippen LogP contribution in [0, 0.1) is 11.8 Å². The molecule has 0 radical (unpaired) electrons. The lowest BCUT2D eigenvalue weighted by molar-refractivity contribution is -0.175. The summed E-state index contributed by atoms with van der Waals surface area (Å²) in [7, 11) is 1.66. The molecule has 3 heteroatoms. The molecule has 2 aliphatic carbocycles. The van der Waals surface area contributed by atoms with Crippen LogP contribution in [0.15, 0.2) is 23.3 Å². The van der Waals surface area contributed by atoms with Crippen LogP contribution in [0.2, 0.25) is 0 Å². The van der Waals surface area contributed by atoms with E-state index in [1.165, 1.54) is 19.3 Å². The van der Waals surface area contributed by atoms with Crippen LogP contribution >= 0.6 is 0 Å². The molecule has 0 aromatic heterocycles. The summed E-state index contributed by atoms with van der Waals surface area (Å²) in [5.41, 5.74) is 3.17. The molecule has 1 amide bonds. The maximum Gasteiger partial charge on any atom is 0.254 e. The van der Waals surface area contributed by atoms with Crippen LogP contribution in [0.5, 0.6) is 0 Å². The Morgan fingerprint density at radius 2 is 2.17 bits per heavy atom. The van der Waals surface area contributed by atoms with Crippen molar-refractivity contribution in [1.29, 1.82) is 0 Å². The van der Waals surface area contributed by atoms with Crippen molar-refractivity contribution in [2.45, 2.75) is 37.8 Å². The highest BCUT2D eigenvalue weighted by atomic mass is 16.5. The van der Waals surface area contributed by atoms with E-state index in [-0.39, 0.29) is 18.1 Å². The fraction of sp³-hybridized carbons (Fsp3) is 0.667. The molecule has 4 rings (SSSR count). The van der Waals surface area contributed by atoms with Crippen molar-refractivity contribution in [3.8, 4) is 0 Å².